The third kappa shape index (κ3) is 3.40. The maximum atomic E-state index is 11.0. The van der Waals surface area contributed by atoms with E-state index >= 15 is 0 Å². The zero-order valence-corrected chi connectivity index (χ0v) is 9.10. The molecule has 0 spiro atoms. The lowest BCUT2D eigenvalue weighted by molar-refractivity contribution is -0.120. The molecule has 1 aliphatic carbocycles. The minimum atomic E-state index is 0.0606. The minimum Gasteiger partial charge on any atom is -0.384 e. The number of nitrogens with one attached hydrogen (secondary N) is 2. The molecule has 1 aliphatic rings. The average molecular weight is 196 g/mol. The van der Waals surface area contributed by atoms with E-state index in [1.807, 2.05) is 6.92 Å². The van der Waals surface area contributed by atoms with Gasteiger partial charge in [-0.15, -0.1) is 0 Å². The van der Waals surface area contributed by atoms with Crippen LogP contribution in [0.2, 0.25) is 0 Å². The molecular formula is C11H20N2O. The first kappa shape index (κ1) is 11.1. The molecule has 0 radical (unpaired) electrons. The lowest BCUT2D eigenvalue weighted by Gasteiger charge is -2.33. The molecule has 80 valence electrons. The van der Waals surface area contributed by atoms with Crippen LogP contribution in [-0.4, -0.2) is 18.0 Å². The summed E-state index contributed by atoms with van der Waals surface area (Å²) >= 11 is 0. The summed E-state index contributed by atoms with van der Waals surface area (Å²) in [6.45, 7) is 7.37. The van der Waals surface area contributed by atoms with Crippen LogP contribution in [0.5, 0.6) is 0 Å². The summed E-state index contributed by atoms with van der Waals surface area (Å²) in [6, 6.07) is 0.642. The van der Waals surface area contributed by atoms with E-state index in [0.717, 1.165) is 18.5 Å². The fraction of sp³-hybridized carbons (Fsp3) is 0.727. The van der Waals surface area contributed by atoms with Gasteiger partial charge in [-0.05, 0) is 19.8 Å². The van der Waals surface area contributed by atoms with Crippen molar-refractivity contribution in [2.24, 2.45) is 0 Å². The minimum absolute atomic E-state index is 0.0606. The Balaban J connectivity index is 2.49. The largest absolute Gasteiger partial charge is 0.384 e. The molecule has 1 amide bonds. The van der Waals surface area contributed by atoms with Crippen molar-refractivity contribution in [1.29, 1.82) is 0 Å². The van der Waals surface area contributed by atoms with E-state index in [9.17, 15) is 4.79 Å². The fourth-order valence-electron chi connectivity index (χ4n) is 2.05. The first-order chi connectivity index (χ1) is 6.59. The van der Waals surface area contributed by atoms with Gasteiger partial charge in [0, 0.05) is 24.7 Å². The summed E-state index contributed by atoms with van der Waals surface area (Å²) in [5.41, 5.74) is 0.979. The summed E-state index contributed by atoms with van der Waals surface area (Å²) < 4.78 is 0. The highest BCUT2D eigenvalue weighted by atomic mass is 16.1. The molecule has 3 heteroatoms. The number of carbonyl (C=O) groups excluding carboxylic acids is 1. The molecule has 1 fully saturated rings. The van der Waals surface area contributed by atoms with E-state index in [1.54, 1.807) is 6.92 Å². The third-order valence-electron chi connectivity index (χ3n) is 2.59. The second-order valence-electron chi connectivity index (χ2n) is 4.12. The highest BCUT2D eigenvalue weighted by Crippen LogP contribution is 2.19. The average Bonchev–Trinajstić information content (AvgIpc) is 2.06. The van der Waals surface area contributed by atoms with Crippen molar-refractivity contribution in [2.45, 2.75) is 51.6 Å². The maximum Gasteiger partial charge on any atom is 0.217 e. The zero-order chi connectivity index (χ0) is 10.6. The van der Waals surface area contributed by atoms with Crippen LogP contribution in [0.4, 0.5) is 0 Å². The molecule has 0 aromatic heterocycles. The van der Waals surface area contributed by atoms with Crippen LogP contribution in [0, 0.1) is 0 Å². The van der Waals surface area contributed by atoms with Crippen LogP contribution in [-0.2, 0) is 4.79 Å². The Morgan fingerprint density at radius 1 is 1.14 bits per heavy atom. The molecule has 0 aromatic rings. The van der Waals surface area contributed by atoms with Crippen molar-refractivity contribution in [1.82, 2.24) is 10.6 Å². The second kappa shape index (κ2) is 5.03. The molecule has 0 bridgehead atoms. The number of rotatable bonds is 3. The first-order valence-electron chi connectivity index (χ1n) is 5.28. The van der Waals surface area contributed by atoms with E-state index in [1.165, 1.54) is 12.8 Å². The number of hydrogen-bond acceptors (Lipinski definition) is 2. The topological polar surface area (TPSA) is 41.1 Å². The van der Waals surface area contributed by atoms with E-state index in [-0.39, 0.29) is 11.9 Å². The highest BCUT2D eigenvalue weighted by molar-refractivity contribution is 5.73. The van der Waals surface area contributed by atoms with Gasteiger partial charge in [0.05, 0.1) is 0 Å². The first-order valence-corrected chi connectivity index (χ1v) is 5.28. The molecule has 0 saturated heterocycles. The van der Waals surface area contributed by atoms with Gasteiger partial charge in [0.25, 0.3) is 0 Å². The molecule has 2 unspecified atom stereocenters. The van der Waals surface area contributed by atoms with Gasteiger partial charge in [0.15, 0.2) is 0 Å². The molecule has 2 atom stereocenters. The van der Waals surface area contributed by atoms with Gasteiger partial charge in [-0.25, -0.2) is 0 Å². The van der Waals surface area contributed by atoms with Gasteiger partial charge in [0.2, 0.25) is 5.91 Å². The normalized spacial score (nSPS) is 26.7. The van der Waals surface area contributed by atoms with Gasteiger partial charge in [0.1, 0.15) is 0 Å². The van der Waals surface area contributed by atoms with E-state index in [4.69, 9.17) is 0 Å². The van der Waals surface area contributed by atoms with E-state index in [0.29, 0.717) is 6.04 Å². The Hall–Kier alpha value is -0.990. The standard InChI is InChI=1S/C11H20N2O/c1-8(2)12-10-6-4-5-7-11(10)13-9(3)14/h10-12H,1,4-7H2,2-3H3,(H,13,14). The predicted molar refractivity (Wildman–Crippen MR) is 57.8 cm³/mol. The summed E-state index contributed by atoms with van der Waals surface area (Å²) in [5, 5.41) is 6.32. The predicted octanol–water partition coefficient (Wildman–Crippen LogP) is 1.56. The van der Waals surface area contributed by atoms with Crippen molar-refractivity contribution in [3.63, 3.8) is 0 Å². The molecule has 2 N–H and O–H groups in total. The third-order valence-corrected chi connectivity index (χ3v) is 2.59. The Bertz CT molecular complexity index is 201. The zero-order valence-electron chi connectivity index (χ0n) is 9.10. The Labute approximate surface area is 86.0 Å². The number of carbonyl (C=O) groups is 1. The van der Waals surface area contributed by atoms with Crippen molar-refractivity contribution in [2.75, 3.05) is 0 Å². The fourth-order valence-corrected chi connectivity index (χ4v) is 2.05. The van der Waals surface area contributed by atoms with Crippen LogP contribution < -0.4 is 10.6 Å². The van der Waals surface area contributed by atoms with Gasteiger partial charge >= 0.3 is 0 Å². The molecule has 0 aromatic carbocycles. The smallest absolute Gasteiger partial charge is 0.217 e. The number of amides is 1. The molecule has 1 rings (SSSR count). The van der Waals surface area contributed by atoms with E-state index < -0.39 is 0 Å². The molecule has 3 nitrogen and oxygen atoms in total. The number of allylic oxidation sites excluding steroid dienone is 1. The van der Waals surface area contributed by atoms with Crippen LogP contribution in [0.3, 0.4) is 0 Å². The maximum absolute atomic E-state index is 11.0. The van der Waals surface area contributed by atoms with Crippen molar-refractivity contribution in [3.8, 4) is 0 Å². The van der Waals surface area contributed by atoms with Gasteiger partial charge in [-0.1, -0.05) is 19.4 Å². The summed E-state index contributed by atoms with van der Waals surface area (Å²) in [7, 11) is 0. The molecule has 0 aliphatic heterocycles. The van der Waals surface area contributed by atoms with Crippen molar-refractivity contribution >= 4 is 5.91 Å². The van der Waals surface area contributed by atoms with Crippen LogP contribution in [0.1, 0.15) is 39.5 Å². The molecule has 14 heavy (non-hydrogen) atoms. The lowest BCUT2D eigenvalue weighted by atomic mass is 9.90. The number of hydrogen-bond donors (Lipinski definition) is 2. The highest BCUT2D eigenvalue weighted by Gasteiger charge is 2.24. The lowest BCUT2D eigenvalue weighted by Crippen LogP contribution is -2.50. The SMILES string of the molecule is C=C(C)NC1CCCCC1NC(C)=O. The van der Waals surface area contributed by atoms with Crippen LogP contribution in [0.15, 0.2) is 12.3 Å². The van der Waals surface area contributed by atoms with Gasteiger partial charge in [-0.2, -0.15) is 0 Å². The van der Waals surface area contributed by atoms with Crippen molar-refractivity contribution in [3.05, 3.63) is 12.3 Å². The summed E-state index contributed by atoms with van der Waals surface area (Å²) in [5.74, 6) is 0.0606. The molecule has 1 saturated carbocycles. The Morgan fingerprint density at radius 3 is 2.07 bits per heavy atom. The second-order valence-corrected chi connectivity index (χ2v) is 4.12. The quantitative estimate of drug-likeness (QED) is 0.719. The summed E-state index contributed by atoms with van der Waals surface area (Å²) in [4.78, 5) is 11.0. The van der Waals surface area contributed by atoms with Gasteiger partial charge in [-0.3, -0.25) is 4.79 Å². The summed E-state index contributed by atoms with van der Waals surface area (Å²) in [6.07, 6.45) is 4.64. The molecular weight excluding hydrogens is 176 g/mol. The van der Waals surface area contributed by atoms with Crippen LogP contribution in [0.25, 0.3) is 0 Å². The van der Waals surface area contributed by atoms with Gasteiger partial charge < -0.3 is 10.6 Å². The van der Waals surface area contributed by atoms with Crippen LogP contribution >= 0.6 is 0 Å². The Kier molecular flexibility index (Phi) is 3.98. The Morgan fingerprint density at radius 2 is 1.64 bits per heavy atom. The molecule has 0 heterocycles. The van der Waals surface area contributed by atoms with E-state index in [2.05, 4.69) is 17.2 Å². The van der Waals surface area contributed by atoms with Crippen molar-refractivity contribution < 1.29 is 4.79 Å². The monoisotopic (exact) mass is 196 g/mol.